The number of carboxylic acid groups (broad SMARTS) is 1. The molecule has 0 bridgehead atoms. The fourth-order valence-corrected chi connectivity index (χ4v) is 3.40. The van der Waals surface area contributed by atoms with Crippen LogP contribution in [-0.2, 0) is 0 Å². The maximum Gasteiger partial charge on any atom is 0.371 e. The molecule has 1 aromatic carbocycles. The smallest absolute Gasteiger partial charge is 0.371 e. The number of carbonyl (C=O) groups excluding carboxylic acids is 1. The van der Waals surface area contributed by atoms with Gasteiger partial charge in [-0.3, -0.25) is 10.1 Å². The number of amides is 1. The molecule has 128 valence electrons. The molecule has 0 saturated heterocycles. The quantitative estimate of drug-likeness (QED) is 0.755. The Hall–Kier alpha value is -3.09. The average Bonchev–Trinajstić information content (AvgIpc) is 3.33. The molecule has 1 saturated carbocycles. The minimum Gasteiger partial charge on any atom is -0.475 e. The van der Waals surface area contributed by atoms with E-state index in [1.165, 1.54) is 12.1 Å². The van der Waals surface area contributed by atoms with Crippen LogP contribution in [-0.4, -0.2) is 26.5 Å². The van der Waals surface area contributed by atoms with Crippen LogP contribution in [0.15, 0.2) is 40.8 Å². The number of anilines is 1. The van der Waals surface area contributed by atoms with E-state index in [4.69, 9.17) is 9.52 Å². The summed E-state index contributed by atoms with van der Waals surface area (Å²) in [5, 5.41) is 11.7. The number of imidazole rings is 1. The largest absolute Gasteiger partial charge is 0.475 e. The highest BCUT2D eigenvalue weighted by atomic mass is 16.4. The monoisotopic (exact) mass is 339 g/mol. The maximum atomic E-state index is 12.4. The van der Waals surface area contributed by atoms with Crippen LogP contribution in [0.1, 0.15) is 52.8 Å². The van der Waals surface area contributed by atoms with E-state index in [0.29, 0.717) is 12.0 Å². The molecule has 2 N–H and O–H groups in total. The molecule has 0 atom stereocenters. The first-order valence-corrected chi connectivity index (χ1v) is 8.25. The fraction of sp³-hybridized carbons (Fsp3) is 0.278. The number of nitrogens with zero attached hydrogens (tertiary/aromatic N) is 2. The van der Waals surface area contributed by atoms with Gasteiger partial charge in [0.05, 0.1) is 11.0 Å². The molecule has 2 heterocycles. The summed E-state index contributed by atoms with van der Waals surface area (Å²) in [6.45, 7) is 0. The fourth-order valence-electron chi connectivity index (χ4n) is 3.40. The summed E-state index contributed by atoms with van der Waals surface area (Å²) in [6.07, 6.45) is 4.41. The van der Waals surface area contributed by atoms with Crippen molar-refractivity contribution in [3.8, 4) is 0 Å². The first-order chi connectivity index (χ1) is 12.1. The van der Waals surface area contributed by atoms with Crippen LogP contribution in [0.4, 0.5) is 5.95 Å². The van der Waals surface area contributed by atoms with Gasteiger partial charge in [-0.2, -0.15) is 0 Å². The summed E-state index contributed by atoms with van der Waals surface area (Å²) in [6, 6.07) is 10.7. The number of fused-ring (bicyclic) bond motifs is 1. The van der Waals surface area contributed by atoms with Crippen molar-refractivity contribution in [1.82, 2.24) is 9.55 Å². The molecule has 7 nitrogen and oxygen atoms in total. The van der Waals surface area contributed by atoms with E-state index in [2.05, 4.69) is 14.9 Å². The predicted octanol–water partition coefficient (Wildman–Crippen LogP) is 3.69. The van der Waals surface area contributed by atoms with E-state index < -0.39 is 11.9 Å². The van der Waals surface area contributed by atoms with Gasteiger partial charge in [0.2, 0.25) is 11.7 Å². The van der Waals surface area contributed by atoms with Crippen molar-refractivity contribution in [2.24, 2.45) is 0 Å². The molecule has 4 rings (SSSR count). The Labute approximate surface area is 143 Å². The number of furan rings is 1. The lowest BCUT2D eigenvalue weighted by Crippen LogP contribution is -2.17. The Morgan fingerprint density at radius 3 is 2.56 bits per heavy atom. The molecule has 25 heavy (non-hydrogen) atoms. The standard InChI is InChI=1S/C18H17N3O4/c22-16(14-9-10-15(25-14)17(23)24)20-18-19-12-7-3-4-8-13(12)21(18)11-5-1-2-6-11/h3-4,7-11H,1-2,5-6H2,(H,23,24)(H,19,20,22). The molecular formula is C18H17N3O4. The summed E-state index contributed by atoms with van der Waals surface area (Å²) >= 11 is 0. The average molecular weight is 339 g/mol. The van der Waals surface area contributed by atoms with Crippen molar-refractivity contribution in [2.45, 2.75) is 31.7 Å². The van der Waals surface area contributed by atoms with Crippen molar-refractivity contribution in [1.29, 1.82) is 0 Å². The number of rotatable bonds is 4. The van der Waals surface area contributed by atoms with Gasteiger partial charge < -0.3 is 14.1 Å². The second-order valence-corrected chi connectivity index (χ2v) is 6.16. The third-order valence-electron chi connectivity index (χ3n) is 4.55. The van der Waals surface area contributed by atoms with Crippen LogP contribution in [0, 0.1) is 0 Å². The minimum atomic E-state index is -1.21. The van der Waals surface area contributed by atoms with Gasteiger partial charge in [0, 0.05) is 6.04 Å². The second-order valence-electron chi connectivity index (χ2n) is 6.16. The number of aromatic carboxylic acids is 1. The lowest BCUT2D eigenvalue weighted by atomic mass is 10.2. The van der Waals surface area contributed by atoms with Crippen LogP contribution >= 0.6 is 0 Å². The molecule has 1 aliphatic rings. The minimum absolute atomic E-state index is 0.0533. The number of benzene rings is 1. The second kappa shape index (κ2) is 6.08. The highest BCUT2D eigenvalue weighted by Crippen LogP contribution is 2.35. The van der Waals surface area contributed by atoms with Crippen LogP contribution in [0.3, 0.4) is 0 Å². The van der Waals surface area contributed by atoms with Crippen LogP contribution in [0.5, 0.6) is 0 Å². The Morgan fingerprint density at radius 2 is 1.84 bits per heavy atom. The number of nitrogens with one attached hydrogen (secondary N) is 1. The molecule has 0 radical (unpaired) electrons. The molecule has 0 aliphatic heterocycles. The summed E-state index contributed by atoms with van der Waals surface area (Å²) in [5.74, 6) is -1.58. The highest BCUT2D eigenvalue weighted by Gasteiger charge is 2.24. The molecule has 2 aromatic heterocycles. The number of carbonyl (C=O) groups is 2. The van der Waals surface area contributed by atoms with Gasteiger partial charge in [0.1, 0.15) is 0 Å². The summed E-state index contributed by atoms with van der Waals surface area (Å²) < 4.78 is 7.14. The molecule has 0 unspecified atom stereocenters. The van der Waals surface area contributed by atoms with E-state index in [1.807, 2.05) is 24.3 Å². The van der Waals surface area contributed by atoms with Crippen LogP contribution in [0.2, 0.25) is 0 Å². The van der Waals surface area contributed by atoms with Gasteiger partial charge in [0.25, 0.3) is 5.91 Å². The number of hydrogen-bond donors (Lipinski definition) is 2. The molecule has 1 fully saturated rings. The van der Waals surface area contributed by atoms with Crippen molar-refractivity contribution >= 4 is 28.9 Å². The molecule has 1 aliphatic carbocycles. The van der Waals surface area contributed by atoms with E-state index in [-0.39, 0.29) is 11.5 Å². The molecular weight excluding hydrogens is 322 g/mol. The molecule has 7 heteroatoms. The summed E-state index contributed by atoms with van der Waals surface area (Å²) in [7, 11) is 0. The zero-order chi connectivity index (χ0) is 17.4. The molecule has 1 amide bonds. The predicted molar refractivity (Wildman–Crippen MR) is 90.9 cm³/mol. The number of hydrogen-bond acceptors (Lipinski definition) is 4. The first kappa shape index (κ1) is 15.4. The van der Waals surface area contributed by atoms with Gasteiger partial charge in [-0.1, -0.05) is 25.0 Å². The normalized spacial score (nSPS) is 14.9. The van der Waals surface area contributed by atoms with E-state index in [0.717, 1.165) is 36.7 Å². The van der Waals surface area contributed by atoms with Crippen molar-refractivity contribution < 1.29 is 19.1 Å². The molecule has 0 spiro atoms. The van der Waals surface area contributed by atoms with E-state index >= 15 is 0 Å². The topological polar surface area (TPSA) is 97.4 Å². The lowest BCUT2D eigenvalue weighted by Gasteiger charge is -2.16. The van der Waals surface area contributed by atoms with Gasteiger partial charge in [-0.05, 0) is 37.1 Å². The summed E-state index contributed by atoms with van der Waals surface area (Å²) in [4.78, 5) is 27.9. The lowest BCUT2D eigenvalue weighted by molar-refractivity contribution is 0.0660. The third-order valence-corrected chi connectivity index (χ3v) is 4.55. The van der Waals surface area contributed by atoms with Gasteiger partial charge >= 0.3 is 5.97 Å². The van der Waals surface area contributed by atoms with Gasteiger partial charge in [-0.15, -0.1) is 0 Å². The van der Waals surface area contributed by atoms with E-state index in [1.54, 1.807) is 0 Å². The highest BCUT2D eigenvalue weighted by molar-refractivity contribution is 6.02. The van der Waals surface area contributed by atoms with Crippen LogP contribution in [0.25, 0.3) is 11.0 Å². The van der Waals surface area contributed by atoms with Crippen molar-refractivity contribution in [2.75, 3.05) is 5.32 Å². The van der Waals surface area contributed by atoms with Crippen molar-refractivity contribution in [3.05, 3.63) is 47.9 Å². The summed E-state index contributed by atoms with van der Waals surface area (Å²) in [5.41, 5.74) is 1.80. The first-order valence-electron chi connectivity index (χ1n) is 8.25. The Balaban J connectivity index is 1.69. The number of aromatic nitrogens is 2. The zero-order valence-electron chi connectivity index (χ0n) is 13.4. The number of carboxylic acids is 1. The Bertz CT molecular complexity index is 950. The van der Waals surface area contributed by atoms with Gasteiger partial charge in [-0.25, -0.2) is 9.78 Å². The van der Waals surface area contributed by atoms with E-state index in [9.17, 15) is 9.59 Å². The van der Waals surface area contributed by atoms with Crippen molar-refractivity contribution in [3.63, 3.8) is 0 Å². The molecule has 3 aromatic rings. The van der Waals surface area contributed by atoms with Gasteiger partial charge in [0.15, 0.2) is 5.76 Å². The zero-order valence-corrected chi connectivity index (χ0v) is 13.4. The Morgan fingerprint density at radius 1 is 1.12 bits per heavy atom. The van der Waals surface area contributed by atoms with Crippen LogP contribution < -0.4 is 5.32 Å². The maximum absolute atomic E-state index is 12.4. The SMILES string of the molecule is O=C(O)c1ccc(C(=O)Nc2nc3ccccc3n2C2CCCC2)o1. The number of para-hydroxylation sites is 2. The Kier molecular flexibility index (Phi) is 3.76. The third kappa shape index (κ3) is 2.77.